The average Bonchev–Trinajstić information content (AvgIpc) is 3.17. The standard InChI is InChI=1S/C28H23F2N3O3S/c29-22-11-7-20(8-12-22)18-33-27(35)25(37-28(33)36)17-19-5-9-21(10-6-19)26(34)32-15-13-31(14-16-32)24-4-2-1-3-23(24)30/h1-12,17H,13-16,18H2/b25-17-. The van der Waals surface area contributed by atoms with E-state index in [1.165, 1.54) is 30.3 Å². The molecule has 0 N–H and O–H groups in total. The van der Waals surface area contributed by atoms with Crippen molar-refractivity contribution in [3.05, 3.63) is 106 Å². The van der Waals surface area contributed by atoms with E-state index in [0.29, 0.717) is 48.6 Å². The van der Waals surface area contributed by atoms with Crippen LogP contribution in [0.1, 0.15) is 21.5 Å². The highest BCUT2D eigenvalue weighted by Crippen LogP contribution is 2.33. The molecule has 188 valence electrons. The second-order valence-electron chi connectivity index (χ2n) is 8.75. The van der Waals surface area contributed by atoms with Crippen LogP contribution in [-0.4, -0.2) is 53.0 Å². The summed E-state index contributed by atoms with van der Waals surface area (Å²) in [6, 6.07) is 19.1. The number of para-hydroxylation sites is 1. The monoisotopic (exact) mass is 519 g/mol. The van der Waals surface area contributed by atoms with Gasteiger partial charge in [0.1, 0.15) is 11.6 Å². The van der Waals surface area contributed by atoms with Crippen molar-refractivity contribution >= 4 is 40.6 Å². The molecular formula is C28H23F2N3O3S. The minimum atomic E-state index is -0.410. The lowest BCUT2D eigenvalue weighted by Crippen LogP contribution is -2.49. The summed E-state index contributed by atoms with van der Waals surface area (Å²) < 4.78 is 27.2. The number of imide groups is 1. The zero-order valence-electron chi connectivity index (χ0n) is 19.8. The van der Waals surface area contributed by atoms with Crippen LogP contribution in [0.5, 0.6) is 0 Å². The molecule has 3 aromatic rings. The normalized spacial score (nSPS) is 17.1. The van der Waals surface area contributed by atoms with Crippen LogP contribution in [0.25, 0.3) is 6.08 Å². The fraction of sp³-hybridized carbons (Fsp3) is 0.179. The minimum absolute atomic E-state index is 0.0693. The molecule has 0 unspecified atom stereocenters. The number of carbonyl (C=O) groups is 3. The second-order valence-corrected chi connectivity index (χ2v) is 9.74. The number of piperazine rings is 1. The van der Waals surface area contributed by atoms with Crippen LogP contribution in [0.3, 0.4) is 0 Å². The van der Waals surface area contributed by atoms with Crippen LogP contribution >= 0.6 is 11.8 Å². The van der Waals surface area contributed by atoms with E-state index in [1.807, 2.05) is 4.90 Å². The van der Waals surface area contributed by atoms with Gasteiger partial charge in [-0.2, -0.15) is 0 Å². The number of carbonyl (C=O) groups excluding carboxylic acids is 3. The van der Waals surface area contributed by atoms with Crippen molar-refractivity contribution in [1.82, 2.24) is 9.80 Å². The van der Waals surface area contributed by atoms with E-state index < -0.39 is 5.91 Å². The number of hydrogen-bond acceptors (Lipinski definition) is 5. The number of nitrogens with zero attached hydrogens (tertiary/aromatic N) is 3. The van der Waals surface area contributed by atoms with E-state index in [-0.39, 0.29) is 34.2 Å². The summed E-state index contributed by atoms with van der Waals surface area (Å²) in [6.07, 6.45) is 1.62. The first-order valence-electron chi connectivity index (χ1n) is 11.8. The molecule has 5 rings (SSSR count). The Morgan fingerprint density at radius 2 is 1.54 bits per heavy atom. The Balaban J connectivity index is 1.21. The first kappa shape index (κ1) is 24.7. The van der Waals surface area contributed by atoms with Gasteiger partial charge in [-0.05, 0) is 65.4 Å². The zero-order chi connectivity index (χ0) is 25.9. The maximum atomic E-state index is 14.1. The maximum absolute atomic E-state index is 14.1. The van der Waals surface area contributed by atoms with Gasteiger partial charge in [0, 0.05) is 31.7 Å². The van der Waals surface area contributed by atoms with Gasteiger partial charge in [-0.1, -0.05) is 36.4 Å². The van der Waals surface area contributed by atoms with Crippen LogP contribution in [0, 0.1) is 11.6 Å². The average molecular weight is 520 g/mol. The van der Waals surface area contributed by atoms with Crippen molar-refractivity contribution in [3.63, 3.8) is 0 Å². The van der Waals surface area contributed by atoms with Crippen molar-refractivity contribution < 1.29 is 23.2 Å². The number of amides is 3. The third kappa shape index (κ3) is 5.41. The highest BCUT2D eigenvalue weighted by Gasteiger charge is 2.35. The molecule has 0 radical (unpaired) electrons. The van der Waals surface area contributed by atoms with E-state index in [4.69, 9.17) is 0 Å². The van der Waals surface area contributed by atoms with Crippen molar-refractivity contribution in [2.45, 2.75) is 6.54 Å². The molecule has 0 aliphatic carbocycles. The zero-order valence-corrected chi connectivity index (χ0v) is 20.6. The predicted molar refractivity (Wildman–Crippen MR) is 139 cm³/mol. The van der Waals surface area contributed by atoms with Crippen molar-refractivity contribution in [3.8, 4) is 0 Å². The highest BCUT2D eigenvalue weighted by atomic mass is 32.2. The molecule has 37 heavy (non-hydrogen) atoms. The van der Waals surface area contributed by atoms with Crippen molar-refractivity contribution in [2.75, 3.05) is 31.1 Å². The van der Waals surface area contributed by atoms with Crippen LogP contribution in [0.2, 0.25) is 0 Å². The molecule has 0 aromatic heterocycles. The summed E-state index contributed by atoms with van der Waals surface area (Å²) in [6.45, 7) is 2.11. The van der Waals surface area contributed by atoms with E-state index in [9.17, 15) is 23.2 Å². The molecule has 2 heterocycles. The van der Waals surface area contributed by atoms with Crippen LogP contribution in [0.4, 0.5) is 19.3 Å². The lowest BCUT2D eigenvalue weighted by Gasteiger charge is -2.36. The molecule has 3 aromatic carbocycles. The molecule has 0 atom stereocenters. The molecule has 0 saturated carbocycles. The van der Waals surface area contributed by atoms with Gasteiger partial charge in [0.05, 0.1) is 17.1 Å². The van der Waals surface area contributed by atoms with Crippen LogP contribution in [0.15, 0.2) is 77.7 Å². The van der Waals surface area contributed by atoms with Gasteiger partial charge in [0.2, 0.25) is 0 Å². The Kier molecular flexibility index (Phi) is 7.05. The van der Waals surface area contributed by atoms with Gasteiger partial charge in [0.25, 0.3) is 17.1 Å². The topological polar surface area (TPSA) is 60.9 Å². The van der Waals surface area contributed by atoms with Crippen LogP contribution < -0.4 is 4.90 Å². The summed E-state index contributed by atoms with van der Waals surface area (Å²) >= 11 is 0.850. The molecule has 3 amide bonds. The molecule has 9 heteroatoms. The fourth-order valence-electron chi connectivity index (χ4n) is 4.32. The number of anilines is 1. The Bertz CT molecular complexity index is 1370. The summed E-state index contributed by atoms with van der Waals surface area (Å²) in [7, 11) is 0. The third-order valence-electron chi connectivity index (χ3n) is 6.34. The molecule has 2 saturated heterocycles. The summed E-state index contributed by atoms with van der Waals surface area (Å²) in [5, 5.41) is -0.387. The third-order valence-corrected chi connectivity index (χ3v) is 7.25. The van der Waals surface area contributed by atoms with Crippen molar-refractivity contribution in [1.29, 1.82) is 0 Å². The highest BCUT2D eigenvalue weighted by molar-refractivity contribution is 8.18. The van der Waals surface area contributed by atoms with Crippen LogP contribution in [-0.2, 0) is 11.3 Å². The van der Waals surface area contributed by atoms with Crippen molar-refractivity contribution in [2.24, 2.45) is 0 Å². The minimum Gasteiger partial charge on any atom is -0.366 e. The van der Waals surface area contributed by atoms with E-state index in [2.05, 4.69) is 0 Å². The Morgan fingerprint density at radius 1 is 0.865 bits per heavy atom. The van der Waals surface area contributed by atoms with Gasteiger partial charge in [-0.25, -0.2) is 8.78 Å². The smallest absolute Gasteiger partial charge is 0.293 e. The Labute approximate surface area is 217 Å². The van der Waals surface area contributed by atoms with Gasteiger partial charge in [0.15, 0.2) is 0 Å². The molecule has 2 fully saturated rings. The molecule has 0 bridgehead atoms. The Morgan fingerprint density at radius 3 is 2.22 bits per heavy atom. The number of halogens is 2. The predicted octanol–water partition coefficient (Wildman–Crippen LogP) is 5.16. The van der Waals surface area contributed by atoms with E-state index >= 15 is 0 Å². The lowest BCUT2D eigenvalue weighted by atomic mass is 10.1. The van der Waals surface area contributed by atoms with E-state index in [0.717, 1.165) is 16.7 Å². The molecule has 6 nitrogen and oxygen atoms in total. The second kappa shape index (κ2) is 10.6. The maximum Gasteiger partial charge on any atom is 0.293 e. The van der Waals surface area contributed by atoms with Gasteiger partial charge in [-0.3, -0.25) is 19.3 Å². The Hall–Kier alpha value is -3.98. The molecule has 2 aliphatic rings. The lowest BCUT2D eigenvalue weighted by molar-refractivity contribution is -0.123. The summed E-state index contributed by atoms with van der Waals surface area (Å²) in [4.78, 5) is 43.2. The fourth-order valence-corrected chi connectivity index (χ4v) is 5.16. The SMILES string of the molecule is O=C(c1ccc(/C=C2\SC(=O)N(Cc3ccc(F)cc3)C2=O)cc1)N1CCN(c2ccccc2F)CC1. The number of thioether (sulfide) groups is 1. The number of benzene rings is 3. The number of rotatable bonds is 5. The summed E-state index contributed by atoms with van der Waals surface area (Å²) in [5.74, 6) is -1.18. The molecular weight excluding hydrogens is 496 g/mol. The van der Waals surface area contributed by atoms with Gasteiger partial charge < -0.3 is 9.80 Å². The first-order valence-corrected chi connectivity index (χ1v) is 12.6. The van der Waals surface area contributed by atoms with Gasteiger partial charge in [-0.15, -0.1) is 0 Å². The quantitative estimate of drug-likeness (QED) is 0.436. The molecule has 0 spiro atoms. The van der Waals surface area contributed by atoms with Gasteiger partial charge >= 0.3 is 0 Å². The summed E-state index contributed by atoms with van der Waals surface area (Å²) in [5.41, 5.74) is 2.40. The molecule has 2 aliphatic heterocycles. The first-order chi connectivity index (χ1) is 17.9. The number of hydrogen-bond donors (Lipinski definition) is 0. The van der Waals surface area contributed by atoms with E-state index in [1.54, 1.807) is 53.4 Å². The largest absolute Gasteiger partial charge is 0.366 e.